The van der Waals surface area contributed by atoms with E-state index in [1.165, 1.54) is 16.4 Å². The van der Waals surface area contributed by atoms with Gasteiger partial charge in [-0.25, -0.2) is 0 Å². The molecule has 6 heteroatoms. The van der Waals surface area contributed by atoms with Crippen molar-refractivity contribution >= 4 is 90.2 Å². The largest absolute Gasteiger partial charge is 0.458 e. The molecule has 0 unspecified atom stereocenters. The Kier molecular flexibility index (Phi) is 6.66. The molecule has 2 aromatic heterocycles. The van der Waals surface area contributed by atoms with E-state index in [4.69, 9.17) is 9.15 Å². The van der Waals surface area contributed by atoms with E-state index in [1.807, 2.05) is 0 Å². The van der Waals surface area contributed by atoms with E-state index in [2.05, 4.69) is 208 Å². The van der Waals surface area contributed by atoms with Gasteiger partial charge >= 0.3 is 0 Å². The Morgan fingerprint density at radius 2 is 0.982 bits per heavy atom. The minimum atomic E-state index is -0.000670. The van der Waals surface area contributed by atoms with Crippen LogP contribution in [-0.2, 0) is 0 Å². The first kappa shape index (κ1) is 31.0. The van der Waals surface area contributed by atoms with Crippen molar-refractivity contribution in [1.82, 2.24) is 4.57 Å². The first-order valence-electron chi connectivity index (χ1n) is 19.1. The highest BCUT2D eigenvalue weighted by molar-refractivity contribution is 6.99. The molecule has 0 spiro atoms. The zero-order valence-corrected chi connectivity index (χ0v) is 30.2. The van der Waals surface area contributed by atoms with Crippen LogP contribution in [0.15, 0.2) is 199 Å². The third-order valence-electron chi connectivity index (χ3n) is 11.4. The third-order valence-corrected chi connectivity index (χ3v) is 11.4. The molecule has 8 aromatic carbocycles. The summed E-state index contributed by atoms with van der Waals surface area (Å²) >= 11 is 0. The topological polar surface area (TPSA) is 33.8 Å². The molecule has 0 saturated carbocycles. The molecule has 2 aliphatic rings. The number of aromatic nitrogens is 1. The van der Waals surface area contributed by atoms with Crippen LogP contribution >= 0.6 is 0 Å². The van der Waals surface area contributed by atoms with Crippen LogP contribution in [-0.4, -0.2) is 11.3 Å². The number of hydrogen-bond donors (Lipinski definition) is 0. The Labute approximate surface area is 323 Å². The van der Waals surface area contributed by atoms with Crippen molar-refractivity contribution in [3.05, 3.63) is 194 Å². The Morgan fingerprint density at radius 3 is 1.62 bits per heavy atom. The Balaban J connectivity index is 1.14. The van der Waals surface area contributed by atoms with E-state index >= 15 is 0 Å². The van der Waals surface area contributed by atoms with Gasteiger partial charge in [-0.15, -0.1) is 0 Å². The van der Waals surface area contributed by atoms with E-state index in [1.54, 1.807) is 0 Å². The molecule has 12 rings (SSSR count). The fourth-order valence-corrected chi connectivity index (χ4v) is 9.09. The van der Waals surface area contributed by atoms with E-state index in [9.17, 15) is 0 Å². The second-order valence-electron chi connectivity index (χ2n) is 14.5. The van der Waals surface area contributed by atoms with Gasteiger partial charge in [0.05, 0.1) is 11.2 Å². The van der Waals surface area contributed by atoms with E-state index in [0.29, 0.717) is 0 Å². The van der Waals surface area contributed by atoms with Crippen molar-refractivity contribution in [3.63, 3.8) is 0 Å². The number of nitrogens with zero attached hydrogens (tertiary/aromatic N) is 3. The number of anilines is 6. The first-order valence-corrected chi connectivity index (χ1v) is 19.1. The van der Waals surface area contributed by atoms with Gasteiger partial charge in [-0.05, 0) is 95.3 Å². The maximum Gasteiger partial charge on any atom is 0.256 e. The van der Waals surface area contributed by atoms with E-state index < -0.39 is 0 Å². The van der Waals surface area contributed by atoms with Crippen LogP contribution in [0, 0.1) is 0 Å². The van der Waals surface area contributed by atoms with Crippen LogP contribution in [0.4, 0.5) is 34.1 Å². The molecular weight excluding hydrogens is 685 g/mol. The molecule has 0 radical (unpaired) electrons. The third kappa shape index (κ3) is 4.50. The van der Waals surface area contributed by atoms with Gasteiger partial charge < -0.3 is 23.5 Å². The standard InChI is InChI=1S/C50H32BN3O2/c1-5-16-33(17-6-1)52(34-18-7-2-8-19-34)37-28-29-39-45(31-37)56-50-40-24-15-26-42-48(40)54(49(39)50)43-30-38(32-46-47(43)51(42)41-25-13-14-27-44(41)55-46)53(35-20-9-3-10-21-35)36-22-11-4-12-23-36/h1-32H. The highest BCUT2D eigenvalue weighted by Gasteiger charge is 2.41. The fraction of sp³-hybridized carbons (Fsp3) is 0. The molecule has 262 valence electrons. The summed E-state index contributed by atoms with van der Waals surface area (Å²) in [7, 11) is 0. The van der Waals surface area contributed by atoms with Crippen molar-refractivity contribution in [2.24, 2.45) is 0 Å². The summed E-state index contributed by atoms with van der Waals surface area (Å²) in [6.45, 7) is -0.000670. The maximum absolute atomic E-state index is 7.02. The highest BCUT2D eigenvalue weighted by Crippen LogP contribution is 2.46. The molecule has 0 N–H and O–H groups in total. The zero-order chi connectivity index (χ0) is 36.7. The van der Waals surface area contributed by atoms with Crippen molar-refractivity contribution in [2.75, 3.05) is 9.80 Å². The monoisotopic (exact) mass is 717 g/mol. The number of benzene rings is 8. The quantitative estimate of drug-likeness (QED) is 0.160. The molecule has 2 aliphatic heterocycles. The number of fused-ring (bicyclic) bond motifs is 9. The molecule has 0 atom stereocenters. The summed E-state index contributed by atoms with van der Waals surface area (Å²) in [5.41, 5.74) is 15.0. The van der Waals surface area contributed by atoms with Crippen molar-refractivity contribution < 1.29 is 9.15 Å². The minimum absolute atomic E-state index is 0.000670. The number of hydrogen-bond acceptors (Lipinski definition) is 4. The van der Waals surface area contributed by atoms with Crippen molar-refractivity contribution in [3.8, 4) is 17.2 Å². The van der Waals surface area contributed by atoms with Crippen LogP contribution in [0.25, 0.3) is 38.7 Å². The van der Waals surface area contributed by atoms with Gasteiger partial charge in [0.1, 0.15) is 22.6 Å². The molecule has 10 aromatic rings. The average molecular weight is 718 g/mol. The molecule has 5 nitrogen and oxygen atoms in total. The van der Waals surface area contributed by atoms with Crippen LogP contribution < -0.4 is 30.9 Å². The van der Waals surface area contributed by atoms with Gasteiger partial charge in [0.2, 0.25) is 0 Å². The summed E-state index contributed by atoms with van der Waals surface area (Å²) in [6, 6.07) is 68.5. The lowest BCUT2D eigenvalue weighted by Gasteiger charge is -2.35. The number of rotatable bonds is 6. The first-order chi connectivity index (χ1) is 27.8. The molecule has 0 bridgehead atoms. The number of para-hydroxylation sites is 6. The second kappa shape index (κ2) is 12.0. The smallest absolute Gasteiger partial charge is 0.256 e. The van der Waals surface area contributed by atoms with Crippen LogP contribution in [0.2, 0.25) is 0 Å². The van der Waals surface area contributed by atoms with E-state index in [0.717, 1.165) is 84.2 Å². The summed E-state index contributed by atoms with van der Waals surface area (Å²) < 4.78 is 16.4. The van der Waals surface area contributed by atoms with Crippen LogP contribution in [0.3, 0.4) is 0 Å². The molecule has 4 heterocycles. The summed E-state index contributed by atoms with van der Waals surface area (Å²) in [5, 5.41) is 2.16. The molecule has 0 aliphatic carbocycles. The summed E-state index contributed by atoms with van der Waals surface area (Å²) in [6.07, 6.45) is 0. The molecule has 0 amide bonds. The molecule has 56 heavy (non-hydrogen) atoms. The maximum atomic E-state index is 7.02. The van der Waals surface area contributed by atoms with Crippen molar-refractivity contribution in [2.45, 2.75) is 0 Å². The SMILES string of the molecule is c1ccc(N(c2ccccc2)c2cc3c4c(c2)-n2c5c(cccc5c5oc6cc(N(c7ccccc7)c7ccccc7)ccc6c52)B4c2ccccc2O3)cc1. The normalized spacial score (nSPS) is 12.4. The van der Waals surface area contributed by atoms with Gasteiger partial charge in [-0.2, -0.15) is 0 Å². The lowest BCUT2D eigenvalue weighted by molar-refractivity contribution is 0.487. The Morgan fingerprint density at radius 1 is 0.411 bits per heavy atom. The van der Waals surface area contributed by atoms with Gasteiger partial charge in [0.25, 0.3) is 6.71 Å². The summed E-state index contributed by atoms with van der Waals surface area (Å²) in [4.78, 5) is 4.59. The lowest BCUT2D eigenvalue weighted by atomic mass is 9.34. The molecule has 0 saturated heterocycles. The molecular formula is C50H32BN3O2. The minimum Gasteiger partial charge on any atom is -0.458 e. The Bertz CT molecular complexity index is 3040. The predicted octanol–water partition coefficient (Wildman–Crippen LogP) is 11.4. The zero-order valence-electron chi connectivity index (χ0n) is 30.2. The van der Waals surface area contributed by atoms with Gasteiger partial charge in [0.15, 0.2) is 5.58 Å². The predicted molar refractivity (Wildman–Crippen MR) is 231 cm³/mol. The van der Waals surface area contributed by atoms with Gasteiger partial charge in [-0.1, -0.05) is 103 Å². The average Bonchev–Trinajstić information content (AvgIpc) is 3.79. The summed E-state index contributed by atoms with van der Waals surface area (Å²) in [5.74, 6) is 1.75. The van der Waals surface area contributed by atoms with Crippen LogP contribution in [0.1, 0.15) is 0 Å². The van der Waals surface area contributed by atoms with Crippen LogP contribution in [0.5, 0.6) is 11.5 Å². The lowest BCUT2D eigenvalue weighted by Crippen LogP contribution is -2.58. The molecule has 0 fully saturated rings. The fourth-order valence-electron chi connectivity index (χ4n) is 9.09. The van der Waals surface area contributed by atoms with Gasteiger partial charge in [-0.3, -0.25) is 0 Å². The Hall–Kier alpha value is -7.44. The van der Waals surface area contributed by atoms with Crippen molar-refractivity contribution in [1.29, 1.82) is 0 Å². The second-order valence-corrected chi connectivity index (χ2v) is 14.5. The number of ether oxygens (including phenoxy) is 1. The van der Waals surface area contributed by atoms with E-state index in [-0.39, 0.29) is 6.71 Å². The van der Waals surface area contributed by atoms with Gasteiger partial charge in [0, 0.05) is 57.0 Å². The highest BCUT2D eigenvalue weighted by atomic mass is 16.5. The number of furan rings is 1.